The van der Waals surface area contributed by atoms with Crippen LogP contribution in [-0.2, 0) is 11.3 Å². The summed E-state index contributed by atoms with van der Waals surface area (Å²) in [4.78, 5) is 27.2. The molecule has 2 N–H and O–H groups in total. The lowest BCUT2D eigenvalue weighted by atomic mass is 10.1. The summed E-state index contributed by atoms with van der Waals surface area (Å²) in [6, 6.07) is 14.4. The molecule has 0 saturated carbocycles. The second-order valence-corrected chi connectivity index (χ2v) is 9.42. The number of likely N-dealkylation sites (tertiary alicyclic amines) is 1. The number of anilines is 1. The summed E-state index contributed by atoms with van der Waals surface area (Å²) in [5.41, 5.74) is 1.31. The van der Waals surface area contributed by atoms with Gasteiger partial charge < -0.3 is 5.32 Å². The lowest BCUT2D eigenvalue weighted by Crippen LogP contribution is -2.39. The summed E-state index contributed by atoms with van der Waals surface area (Å²) < 4.78 is 15.4. The summed E-state index contributed by atoms with van der Waals surface area (Å²) in [5, 5.41) is 13.6. The van der Waals surface area contributed by atoms with E-state index in [0.717, 1.165) is 37.4 Å². The number of nitrogens with one attached hydrogen (secondary N) is 2. The SMILES string of the molecule is CC(Sc1nnc(CN2CCCCC2)n1-c1ccc(F)cc1)C(=O)NC(=O)Nc1ccccc1. The monoisotopic (exact) mass is 482 g/mol. The number of piperidine rings is 1. The molecule has 34 heavy (non-hydrogen) atoms. The molecule has 1 fully saturated rings. The molecule has 0 radical (unpaired) electrons. The van der Waals surface area contributed by atoms with Crippen LogP contribution in [0.1, 0.15) is 32.0 Å². The Morgan fingerprint density at radius 2 is 1.74 bits per heavy atom. The molecular formula is C24H27FN6O2S. The van der Waals surface area contributed by atoms with Gasteiger partial charge in [-0.15, -0.1) is 10.2 Å². The maximum absolute atomic E-state index is 13.6. The number of carbonyl (C=O) groups is 2. The predicted octanol–water partition coefficient (Wildman–Crippen LogP) is 4.22. The van der Waals surface area contributed by atoms with Crippen LogP contribution in [0.25, 0.3) is 5.69 Å². The Kier molecular flexibility index (Phi) is 7.91. The molecule has 8 nitrogen and oxygen atoms in total. The zero-order chi connectivity index (χ0) is 23.9. The number of halogens is 1. The van der Waals surface area contributed by atoms with Crippen LogP contribution < -0.4 is 10.6 Å². The first-order valence-electron chi connectivity index (χ1n) is 11.3. The highest BCUT2D eigenvalue weighted by Gasteiger charge is 2.24. The zero-order valence-corrected chi connectivity index (χ0v) is 19.7. The van der Waals surface area contributed by atoms with Crippen LogP contribution in [0.2, 0.25) is 0 Å². The van der Waals surface area contributed by atoms with E-state index < -0.39 is 17.2 Å². The van der Waals surface area contributed by atoms with Gasteiger partial charge in [0.25, 0.3) is 0 Å². The van der Waals surface area contributed by atoms with Crippen LogP contribution in [0, 0.1) is 5.82 Å². The van der Waals surface area contributed by atoms with Crippen molar-refractivity contribution in [3.63, 3.8) is 0 Å². The van der Waals surface area contributed by atoms with Gasteiger partial charge in [-0.2, -0.15) is 0 Å². The number of rotatable bonds is 7. The number of aromatic nitrogens is 3. The van der Waals surface area contributed by atoms with Crippen molar-refractivity contribution >= 4 is 29.4 Å². The van der Waals surface area contributed by atoms with Gasteiger partial charge in [-0.1, -0.05) is 36.4 Å². The van der Waals surface area contributed by atoms with Crippen LogP contribution in [0.4, 0.5) is 14.9 Å². The molecule has 0 spiro atoms. The third-order valence-electron chi connectivity index (χ3n) is 5.52. The summed E-state index contributed by atoms with van der Waals surface area (Å²) in [6.45, 7) is 4.30. The van der Waals surface area contributed by atoms with Crippen LogP contribution in [0.15, 0.2) is 59.8 Å². The fourth-order valence-corrected chi connectivity index (χ4v) is 4.64. The van der Waals surface area contributed by atoms with Gasteiger partial charge >= 0.3 is 6.03 Å². The Balaban J connectivity index is 1.48. The van der Waals surface area contributed by atoms with Gasteiger partial charge in [0.15, 0.2) is 11.0 Å². The van der Waals surface area contributed by atoms with Crippen molar-refractivity contribution in [1.29, 1.82) is 0 Å². The summed E-state index contributed by atoms with van der Waals surface area (Å²) >= 11 is 1.19. The Labute approximate surface area is 201 Å². The number of hydrogen-bond donors (Lipinski definition) is 2. The van der Waals surface area contributed by atoms with Crippen molar-refractivity contribution in [3.8, 4) is 5.69 Å². The quantitative estimate of drug-likeness (QED) is 0.490. The van der Waals surface area contributed by atoms with Gasteiger partial charge in [-0.3, -0.25) is 19.6 Å². The molecule has 1 saturated heterocycles. The van der Waals surface area contributed by atoms with Crippen molar-refractivity contribution in [2.45, 2.75) is 43.1 Å². The summed E-state index contributed by atoms with van der Waals surface area (Å²) in [5.74, 6) is -0.0594. The lowest BCUT2D eigenvalue weighted by Gasteiger charge is -2.26. The van der Waals surface area contributed by atoms with E-state index in [0.29, 0.717) is 17.4 Å². The Morgan fingerprint density at radius 1 is 1.03 bits per heavy atom. The van der Waals surface area contributed by atoms with E-state index in [-0.39, 0.29) is 5.82 Å². The number of imide groups is 1. The minimum absolute atomic E-state index is 0.333. The molecule has 3 amide bonds. The molecule has 10 heteroatoms. The number of nitrogens with zero attached hydrogens (tertiary/aromatic N) is 4. The van der Waals surface area contributed by atoms with Crippen molar-refractivity contribution in [1.82, 2.24) is 25.0 Å². The molecule has 1 aliphatic heterocycles. The lowest BCUT2D eigenvalue weighted by molar-refractivity contribution is -0.119. The average Bonchev–Trinajstić information content (AvgIpc) is 3.22. The predicted molar refractivity (Wildman–Crippen MR) is 129 cm³/mol. The molecule has 1 aromatic heterocycles. The Hall–Kier alpha value is -3.24. The van der Waals surface area contributed by atoms with Gasteiger partial charge in [-0.25, -0.2) is 9.18 Å². The molecule has 1 atom stereocenters. The number of carbonyl (C=O) groups excluding carboxylic acids is 2. The normalized spacial score (nSPS) is 15.0. The van der Waals surface area contributed by atoms with E-state index in [1.165, 1.54) is 30.3 Å². The van der Waals surface area contributed by atoms with Gasteiger partial charge in [0.2, 0.25) is 5.91 Å². The number of para-hydroxylation sites is 1. The van der Waals surface area contributed by atoms with Gasteiger partial charge in [-0.05, 0) is 69.3 Å². The fourth-order valence-electron chi connectivity index (χ4n) is 3.76. The van der Waals surface area contributed by atoms with E-state index in [1.54, 1.807) is 43.3 Å². The van der Waals surface area contributed by atoms with Crippen LogP contribution >= 0.6 is 11.8 Å². The molecule has 3 aromatic rings. The van der Waals surface area contributed by atoms with Crippen molar-refractivity contribution in [2.75, 3.05) is 18.4 Å². The van der Waals surface area contributed by atoms with E-state index in [4.69, 9.17) is 0 Å². The molecule has 4 rings (SSSR count). The maximum atomic E-state index is 13.6. The smallest absolute Gasteiger partial charge is 0.308 e. The highest BCUT2D eigenvalue weighted by atomic mass is 32.2. The number of amides is 3. The molecular weight excluding hydrogens is 455 g/mol. The largest absolute Gasteiger partial charge is 0.325 e. The topological polar surface area (TPSA) is 92.2 Å². The third kappa shape index (κ3) is 6.21. The highest BCUT2D eigenvalue weighted by Crippen LogP contribution is 2.27. The number of urea groups is 1. The van der Waals surface area contributed by atoms with Crippen LogP contribution in [0.5, 0.6) is 0 Å². The van der Waals surface area contributed by atoms with Crippen LogP contribution in [-0.4, -0.2) is 49.9 Å². The molecule has 2 heterocycles. The van der Waals surface area contributed by atoms with Gasteiger partial charge in [0.1, 0.15) is 5.82 Å². The van der Waals surface area contributed by atoms with Gasteiger partial charge in [0.05, 0.1) is 11.8 Å². The fraction of sp³-hybridized carbons (Fsp3) is 0.333. The molecule has 1 aliphatic rings. The van der Waals surface area contributed by atoms with Crippen molar-refractivity contribution in [2.24, 2.45) is 0 Å². The third-order valence-corrected chi connectivity index (χ3v) is 6.56. The van der Waals surface area contributed by atoms with E-state index in [1.807, 2.05) is 10.6 Å². The average molecular weight is 483 g/mol. The first-order valence-corrected chi connectivity index (χ1v) is 12.1. The Morgan fingerprint density at radius 3 is 2.44 bits per heavy atom. The number of thioether (sulfide) groups is 1. The molecule has 178 valence electrons. The Bertz CT molecular complexity index is 1120. The van der Waals surface area contributed by atoms with Crippen molar-refractivity contribution < 1.29 is 14.0 Å². The highest BCUT2D eigenvalue weighted by molar-refractivity contribution is 8.00. The van der Waals surface area contributed by atoms with E-state index in [9.17, 15) is 14.0 Å². The zero-order valence-electron chi connectivity index (χ0n) is 18.9. The van der Waals surface area contributed by atoms with Crippen molar-refractivity contribution in [3.05, 3.63) is 66.2 Å². The minimum atomic E-state index is -0.618. The molecule has 0 bridgehead atoms. The van der Waals surface area contributed by atoms with E-state index in [2.05, 4.69) is 25.7 Å². The standard InChI is InChI=1S/C24H27FN6O2S/c1-17(22(32)27-23(33)26-19-8-4-2-5-9-19)34-24-29-28-21(16-30-14-6-3-7-15-30)31(24)20-12-10-18(25)11-13-20/h2,4-5,8-13,17H,3,6-7,14-16H2,1H3,(H2,26,27,32,33). The number of benzene rings is 2. The van der Waals surface area contributed by atoms with Crippen LogP contribution in [0.3, 0.4) is 0 Å². The second-order valence-electron chi connectivity index (χ2n) is 8.12. The van der Waals surface area contributed by atoms with E-state index >= 15 is 0 Å². The second kappa shape index (κ2) is 11.3. The first-order chi connectivity index (χ1) is 16.5. The first kappa shape index (κ1) is 23.9. The number of hydrogen-bond acceptors (Lipinski definition) is 6. The molecule has 1 unspecified atom stereocenters. The summed E-state index contributed by atoms with van der Waals surface area (Å²) in [7, 11) is 0. The molecule has 0 aliphatic carbocycles. The molecule has 2 aromatic carbocycles. The maximum Gasteiger partial charge on any atom is 0.325 e. The van der Waals surface area contributed by atoms with Gasteiger partial charge in [0, 0.05) is 11.4 Å². The minimum Gasteiger partial charge on any atom is -0.308 e. The summed E-state index contributed by atoms with van der Waals surface area (Å²) in [6.07, 6.45) is 3.52.